The van der Waals surface area contributed by atoms with Gasteiger partial charge in [0, 0.05) is 32.2 Å². The zero-order chi connectivity index (χ0) is 22.1. The van der Waals surface area contributed by atoms with Gasteiger partial charge in [0.05, 0.1) is 22.4 Å². The summed E-state index contributed by atoms with van der Waals surface area (Å²) in [6.07, 6.45) is 0.667. The highest BCUT2D eigenvalue weighted by molar-refractivity contribution is 7.16. The first-order valence-corrected chi connectivity index (χ1v) is 12.1. The van der Waals surface area contributed by atoms with Gasteiger partial charge < -0.3 is 20.6 Å². The number of nitrogens with one attached hydrogen (secondary N) is 2. The summed E-state index contributed by atoms with van der Waals surface area (Å²) in [6.45, 7) is 7.06. The molecule has 6 nitrogen and oxygen atoms in total. The van der Waals surface area contributed by atoms with Crippen molar-refractivity contribution in [2.75, 3.05) is 31.6 Å². The molecule has 1 unspecified atom stereocenters. The third-order valence-corrected chi connectivity index (χ3v) is 7.29. The van der Waals surface area contributed by atoms with E-state index >= 15 is 0 Å². The monoisotopic (exact) mass is 447 g/mol. The molecule has 2 aromatic carbocycles. The third kappa shape index (κ3) is 4.03. The zero-order valence-corrected chi connectivity index (χ0v) is 19.3. The Labute approximate surface area is 193 Å². The highest BCUT2D eigenvalue weighted by Crippen LogP contribution is 2.39. The second-order valence-corrected chi connectivity index (χ2v) is 9.62. The first-order chi connectivity index (χ1) is 15.6. The number of aliphatic imine (C=N–C) groups is 1. The number of anilines is 2. The fourth-order valence-electron chi connectivity index (χ4n) is 4.38. The number of aromatic nitrogens is 1. The molecule has 7 heteroatoms. The van der Waals surface area contributed by atoms with Crippen LogP contribution in [0.15, 0.2) is 53.5 Å². The Bertz CT molecular complexity index is 1140. The van der Waals surface area contributed by atoms with Crippen LogP contribution in [-0.4, -0.2) is 47.1 Å². The van der Waals surface area contributed by atoms with Crippen LogP contribution in [0.5, 0.6) is 0 Å². The number of para-hydroxylation sites is 2. The lowest BCUT2D eigenvalue weighted by atomic mass is 9.96. The molecule has 1 saturated heterocycles. The molecule has 0 saturated carbocycles. The molecule has 0 spiro atoms. The number of rotatable bonds is 4. The molecule has 32 heavy (non-hydrogen) atoms. The van der Waals surface area contributed by atoms with Crippen molar-refractivity contribution in [3.05, 3.63) is 70.4 Å². The summed E-state index contributed by atoms with van der Waals surface area (Å²) in [5.41, 5.74) is 5.34. The normalized spacial score (nSPS) is 17.9. The van der Waals surface area contributed by atoms with Crippen LogP contribution in [0, 0.1) is 0 Å². The molecular formula is C25H29N5OS. The van der Waals surface area contributed by atoms with Crippen molar-refractivity contribution in [1.82, 2.24) is 15.2 Å². The fourth-order valence-corrected chi connectivity index (χ4v) is 5.36. The fraction of sp³-hybridized carbons (Fsp3) is 0.360. The maximum Gasteiger partial charge on any atom is 0.158 e. The number of aliphatic hydroxyl groups is 1. The quantitative estimate of drug-likeness (QED) is 0.546. The van der Waals surface area contributed by atoms with Crippen molar-refractivity contribution in [1.29, 1.82) is 0 Å². The van der Waals surface area contributed by atoms with Crippen LogP contribution in [0.3, 0.4) is 0 Å². The van der Waals surface area contributed by atoms with Crippen molar-refractivity contribution in [3.8, 4) is 0 Å². The average molecular weight is 448 g/mol. The molecule has 1 aromatic heterocycles. The smallest absolute Gasteiger partial charge is 0.158 e. The molecule has 2 aliphatic heterocycles. The van der Waals surface area contributed by atoms with Crippen molar-refractivity contribution in [3.63, 3.8) is 0 Å². The molecule has 0 amide bonds. The number of hydrogen-bond acceptors (Lipinski definition) is 7. The van der Waals surface area contributed by atoms with Gasteiger partial charge in [-0.05, 0) is 29.7 Å². The predicted octanol–water partition coefficient (Wildman–Crippen LogP) is 4.58. The van der Waals surface area contributed by atoms with E-state index in [-0.39, 0.29) is 12.6 Å². The van der Waals surface area contributed by atoms with Gasteiger partial charge in [-0.2, -0.15) is 0 Å². The van der Waals surface area contributed by atoms with Gasteiger partial charge in [0.2, 0.25) is 0 Å². The molecule has 2 aliphatic rings. The van der Waals surface area contributed by atoms with Crippen LogP contribution >= 0.6 is 11.3 Å². The molecule has 3 aromatic rings. The van der Waals surface area contributed by atoms with Gasteiger partial charge in [0.15, 0.2) is 5.84 Å². The summed E-state index contributed by atoms with van der Waals surface area (Å²) in [4.78, 5) is 12.5. The van der Waals surface area contributed by atoms with Crippen LogP contribution in [0.4, 0.5) is 16.4 Å². The van der Waals surface area contributed by atoms with Gasteiger partial charge in [0.1, 0.15) is 10.7 Å². The lowest BCUT2D eigenvalue weighted by Crippen LogP contribution is -2.49. The molecule has 0 radical (unpaired) electrons. The lowest BCUT2D eigenvalue weighted by molar-refractivity contribution is 0.287. The number of thiazole rings is 1. The Balaban J connectivity index is 1.53. The molecular weight excluding hydrogens is 418 g/mol. The maximum absolute atomic E-state index is 9.51. The Kier molecular flexibility index (Phi) is 5.95. The molecule has 3 N–H and O–H groups in total. The molecule has 1 atom stereocenters. The summed E-state index contributed by atoms with van der Waals surface area (Å²) in [5.74, 6) is 1.30. The summed E-state index contributed by atoms with van der Waals surface area (Å²) < 4.78 is 0. The zero-order valence-electron chi connectivity index (χ0n) is 18.5. The van der Waals surface area contributed by atoms with Crippen LogP contribution in [-0.2, 0) is 6.42 Å². The number of piperazine rings is 1. The highest BCUT2D eigenvalue weighted by atomic mass is 32.1. The van der Waals surface area contributed by atoms with Crippen LogP contribution in [0.25, 0.3) is 0 Å². The maximum atomic E-state index is 9.51. The van der Waals surface area contributed by atoms with Gasteiger partial charge in [-0.15, -0.1) is 11.3 Å². The van der Waals surface area contributed by atoms with Gasteiger partial charge in [-0.3, -0.25) is 0 Å². The SMILES string of the molecule is CC(C)c1nc2c(s1)Nc1ccccc1N=C2N1CCNC(c2ccccc2CCO)C1. The summed E-state index contributed by atoms with van der Waals surface area (Å²) >= 11 is 1.72. The van der Waals surface area contributed by atoms with Gasteiger partial charge >= 0.3 is 0 Å². The Morgan fingerprint density at radius 2 is 1.97 bits per heavy atom. The van der Waals surface area contributed by atoms with Gasteiger partial charge in [-0.1, -0.05) is 50.2 Å². The Morgan fingerprint density at radius 1 is 1.16 bits per heavy atom. The number of aliphatic hydroxyl groups excluding tert-OH is 1. The minimum atomic E-state index is 0.156. The van der Waals surface area contributed by atoms with E-state index < -0.39 is 0 Å². The average Bonchev–Trinajstić information content (AvgIpc) is 3.16. The standard InChI is InChI=1S/C25H29N5OS/c1-16(2)24-29-22-23(27-19-9-5-6-10-20(19)28-25(22)32-24)30-13-12-26-21(15-30)18-8-4-3-7-17(18)11-14-31/h3-10,16,21,26,28,31H,11-15H2,1-2H3. The van der Waals surface area contributed by atoms with Crippen molar-refractivity contribution in [2.45, 2.75) is 32.2 Å². The van der Waals surface area contributed by atoms with E-state index in [1.54, 1.807) is 11.3 Å². The van der Waals surface area contributed by atoms with E-state index in [1.807, 2.05) is 18.2 Å². The summed E-state index contributed by atoms with van der Waals surface area (Å²) in [6, 6.07) is 16.8. The molecule has 166 valence electrons. The third-order valence-electron chi connectivity index (χ3n) is 6.01. The van der Waals surface area contributed by atoms with Crippen molar-refractivity contribution in [2.24, 2.45) is 4.99 Å². The van der Waals surface area contributed by atoms with E-state index in [2.05, 4.69) is 59.7 Å². The van der Waals surface area contributed by atoms with Crippen LogP contribution in [0.2, 0.25) is 0 Å². The number of benzene rings is 2. The number of nitrogens with zero attached hydrogens (tertiary/aromatic N) is 3. The van der Waals surface area contributed by atoms with E-state index in [4.69, 9.17) is 9.98 Å². The topological polar surface area (TPSA) is 72.8 Å². The highest BCUT2D eigenvalue weighted by Gasteiger charge is 2.30. The van der Waals surface area contributed by atoms with Crippen molar-refractivity contribution < 1.29 is 5.11 Å². The predicted molar refractivity (Wildman–Crippen MR) is 132 cm³/mol. The number of amidine groups is 1. The second-order valence-electron chi connectivity index (χ2n) is 8.59. The lowest BCUT2D eigenvalue weighted by Gasteiger charge is -2.36. The molecule has 0 aliphatic carbocycles. The first-order valence-electron chi connectivity index (χ1n) is 11.3. The Hall–Kier alpha value is -2.74. The van der Waals surface area contributed by atoms with E-state index in [0.29, 0.717) is 12.3 Å². The summed E-state index contributed by atoms with van der Waals surface area (Å²) in [5, 5.41) is 19.0. The van der Waals surface area contributed by atoms with E-state index in [1.165, 1.54) is 11.1 Å². The molecule has 5 rings (SSSR count). The Morgan fingerprint density at radius 3 is 2.81 bits per heavy atom. The second kappa shape index (κ2) is 9.02. The minimum absolute atomic E-state index is 0.156. The minimum Gasteiger partial charge on any atom is -0.396 e. The van der Waals surface area contributed by atoms with E-state index in [9.17, 15) is 5.11 Å². The van der Waals surface area contributed by atoms with Gasteiger partial charge in [-0.25, -0.2) is 9.98 Å². The van der Waals surface area contributed by atoms with Crippen LogP contribution in [0.1, 0.15) is 47.6 Å². The summed E-state index contributed by atoms with van der Waals surface area (Å²) in [7, 11) is 0. The number of hydrogen-bond donors (Lipinski definition) is 3. The largest absolute Gasteiger partial charge is 0.396 e. The molecule has 3 heterocycles. The van der Waals surface area contributed by atoms with Crippen LogP contribution < -0.4 is 10.6 Å². The first kappa shape index (κ1) is 21.1. The van der Waals surface area contributed by atoms with Crippen molar-refractivity contribution >= 4 is 33.5 Å². The van der Waals surface area contributed by atoms with E-state index in [0.717, 1.165) is 52.5 Å². The number of fused-ring (bicyclic) bond motifs is 2. The van der Waals surface area contributed by atoms with Gasteiger partial charge in [0.25, 0.3) is 0 Å². The molecule has 1 fully saturated rings. The molecule has 0 bridgehead atoms.